The van der Waals surface area contributed by atoms with Crippen molar-refractivity contribution in [2.45, 2.75) is 0 Å². The summed E-state index contributed by atoms with van der Waals surface area (Å²) in [5.74, 6) is 0.355. The lowest BCUT2D eigenvalue weighted by Crippen LogP contribution is -2.54. The Morgan fingerprint density at radius 2 is 1.50 bits per heavy atom. The Labute approximate surface area is 192 Å². The summed E-state index contributed by atoms with van der Waals surface area (Å²) in [4.78, 5) is 26.9. The summed E-state index contributed by atoms with van der Waals surface area (Å²) < 4.78 is 6.72. The number of benzene rings is 3. The summed E-state index contributed by atoms with van der Waals surface area (Å²) in [6, 6.07) is 23.9. The quantitative estimate of drug-likeness (QED) is 0.227. The maximum atomic E-state index is 13.1. The Hall–Kier alpha value is -3.04. The molecule has 0 radical (unpaired) electrons. The van der Waals surface area contributed by atoms with Crippen LogP contribution in [-0.2, 0) is 9.59 Å². The second-order valence-electron chi connectivity index (χ2n) is 6.39. The minimum Gasteiger partial charge on any atom is -0.457 e. The molecule has 0 spiro atoms. The van der Waals surface area contributed by atoms with Crippen molar-refractivity contribution < 1.29 is 14.3 Å². The van der Waals surface area contributed by atoms with Crippen LogP contribution in [0.3, 0.4) is 0 Å². The largest absolute Gasteiger partial charge is 0.457 e. The standard InChI is InChI=1S/C23H15IN2O3S/c24-20-9-5-4-6-15(20)14-19-21(27)25-23(30)26(22(19)28)16-10-12-18(13-11-16)29-17-7-2-1-3-8-17/h1-14H,(H,25,27,30)/b19-14+. The third-order valence-electron chi connectivity index (χ3n) is 4.38. The lowest BCUT2D eigenvalue weighted by atomic mass is 10.1. The normalized spacial score (nSPS) is 15.3. The number of carbonyl (C=O) groups excluding carboxylic acids is 2. The van der Waals surface area contributed by atoms with E-state index < -0.39 is 11.8 Å². The molecule has 1 aliphatic rings. The van der Waals surface area contributed by atoms with Gasteiger partial charge in [-0.15, -0.1) is 0 Å². The van der Waals surface area contributed by atoms with E-state index in [9.17, 15) is 9.59 Å². The summed E-state index contributed by atoms with van der Waals surface area (Å²) >= 11 is 7.42. The average molecular weight is 526 g/mol. The van der Waals surface area contributed by atoms with Crippen LogP contribution in [0.2, 0.25) is 0 Å². The number of hydrogen-bond donors (Lipinski definition) is 1. The maximum Gasteiger partial charge on any atom is 0.270 e. The van der Waals surface area contributed by atoms with Gasteiger partial charge in [-0.2, -0.15) is 0 Å². The van der Waals surface area contributed by atoms with Crippen molar-refractivity contribution in [1.29, 1.82) is 0 Å². The minimum atomic E-state index is -0.509. The Bertz CT molecular complexity index is 1160. The van der Waals surface area contributed by atoms with Gasteiger partial charge in [-0.25, -0.2) is 0 Å². The smallest absolute Gasteiger partial charge is 0.270 e. The number of nitrogens with one attached hydrogen (secondary N) is 1. The van der Waals surface area contributed by atoms with Crippen molar-refractivity contribution >= 4 is 63.5 Å². The van der Waals surface area contributed by atoms with E-state index in [1.165, 1.54) is 4.90 Å². The van der Waals surface area contributed by atoms with Gasteiger partial charge in [-0.05, 0) is 88.9 Å². The fourth-order valence-corrected chi connectivity index (χ4v) is 3.75. The average Bonchev–Trinajstić information content (AvgIpc) is 2.74. The van der Waals surface area contributed by atoms with Gasteiger partial charge in [0.1, 0.15) is 17.1 Å². The fraction of sp³-hybridized carbons (Fsp3) is 0. The molecule has 4 rings (SSSR count). The summed E-state index contributed by atoms with van der Waals surface area (Å²) in [6.07, 6.45) is 1.58. The number of halogens is 1. The molecule has 0 aliphatic carbocycles. The van der Waals surface area contributed by atoms with E-state index >= 15 is 0 Å². The van der Waals surface area contributed by atoms with Crippen molar-refractivity contribution in [3.63, 3.8) is 0 Å². The van der Waals surface area contributed by atoms with Crippen LogP contribution in [0.15, 0.2) is 84.4 Å². The molecular formula is C23H15IN2O3S. The highest BCUT2D eigenvalue weighted by Crippen LogP contribution is 2.27. The third kappa shape index (κ3) is 4.27. The molecule has 0 aromatic heterocycles. The molecule has 0 unspecified atom stereocenters. The van der Waals surface area contributed by atoms with Crippen molar-refractivity contribution in [2.24, 2.45) is 0 Å². The molecule has 1 N–H and O–H groups in total. The van der Waals surface area contributed by atoms with Crippen molar-refractivity contribution in [2.75, 3.05) is 4.90 Å². The minimum absolute atomic E-state index is 0.0253. The summed E-state index contributed by atoms with van der Waals surface area (Å²) in [6.45, 7) is 0. The fourth-order valence-electron chi connectivity index (χ4n) is 2.93. The van der Waals surface area contributed by atoms with E-state index in [4.69, 9.17) is 17.0 Å². The maximum absolute atomic E-state index is 13.1. The number of rotatable bonds is 4. The number of thiocarbonyl (C=S) groups is 1. The lowest BCUT2D eigenvalue weighted by molar-refractivity contribution is -0.122. The van der Waals surface area contributed by atoms with Crippen LogP contribution in [0.4, 0.5) is 5.69 Å². The molecule has 0 saturated carbocycles. The van der Waals surface area contributed by atoms with Gasteiger partial charge in [-0.1, -0.05) is 36.4 Å². The van der Waals surface area contributed by atoms with Crippen molar-refractivity contribution in [3.05, 3.63) is 93.6 Å². The molecule has 5 nitrogen and oxygen atoms in total. The van der Waals surface area contributed by atoms with Gasteiger partial charge in [0.2, 0.25) is 0 Å². The highest BCUT2D eigenvalue weighted by Gasteiger charge is 2.34. The van der Waals surface area contributed by atoms with Crippen LogP contribution in [0.5, 0.6) is 11.5 Å². The van der Waals surface area contributed by atoms with E-state index in [-0.39, 0.29) is 10.7 Å². The molecule has 1 saturated heterocycles. The second-order valence-corrected chi connectivity index (χ2v) is 7.94. The zero-order valence-electron chi connectivity index (χ0n) is 15.5. The summed E-state index contributed by atoms with van der Waals surface area (Å²) in [5, 5.41) is 2.64. The monoisotopic (exact) mass is 526 g/mol. The van der Waals surface area contributed by atoms with Gasteiger partial charge in [0.05, 0.1) is 5.69 Å². The number of para-hydroxylation sites is 1. The van der Waals surface area contributed by atoms with E-state index in [1.54, 1.807) is 30.3 Å². The molecule has 2 amide bonds. The van der Waals surface area contributed by atoms with Gasteiger partial charge in [-0.3, -0.25) is 19.8 Å². The van der Waals surface area contributed by atoms with Crippen LogP contribution in [0.25, 0.3) is 6.08 Å². The zero-order valence-corrected chi connectivity index (χ0v) is 18.5. The number of ether oxygens (including phenoxy) is 1. The SMILES string of the molecule is O=C1NC(=S)N(c2ccc(Oc3ccccc3)cc2)C(=O)/C1=C/c1ccccc1I. The molecule has 3 aromatic carbocycles. The lowest BCUT2D eigenvalue weighted by Gasteiger charge is -2.29. The van der Waals surface area contributed by atoms with E-state index in [0.717, 1.165) is 9.13 Å². The number of carbonyl (C=O) groups is 2. The van der Waals surface area contributed by atoms with E-state index in [2.05, 4.69) is 27.9 Å². The van der Waals surface area contributed by atoms with E-state index in [0.29, 0.717) is 17.2 Å². The second kappa shape index (κ2) is 8.76. The van der Waals surface area contributed by atoms with Crippen molar-refractivity contribution in [3.8, 4) is 11.5 Å². The predicted octanol–water partition coefficient (Wildman–Crippen LogP) is 4.91. The first-order valence-corrected chi connectivity index (χ1v) is 10.5. The Kier molecular flexibility index (Phi) is 5.91. The molecule has 3 aromatic rings. The Morgan fingerprint density at radius 3 is 2.20 bits per heavy atom. The molecule has 30 heavy (non-hydrogen) atoms. The Balaban J connectivity index is 1.61. The topological polar surface area (TPSA) is 58.6 Å². The van der Waals surface area contributed by atoms with Gasteiger partial charge in [0.15, 0.2) is 5.11 Å². The van der Waals surface area contributed by atoms with Crippen LogP contribution >= 0.6 is 34.8 Å². The first-order valence-electron chi connectivity index (χ1n) is 9.02. The van der Waals surface area contributed by atoms with E-state index in [1.807, 2.05) is 54.6 Å². The first kappa shape index (κ1) is 20.2. The molecule has 1 heterocycles. The van der Waals surface area contributed by atoms with Crippen LogP contribution in [0.1, 0.15) is 5.56 Å². The van der Waals surface area contributed by atoms with Crippen LogP contribution in [-0.4, -0.2) is 16.9 Å². The molecule has 1 aliphatic heterocycles. The Morgan fingerprint density at radius 1 is 0.867 bits per heavy atom. The highest BCUT2D eigenvalue weighted by molar-refractivity contribution is 14.1. The third-order valence-corrected chi connectivity index (χ3v) is 5.65. The zero-order chi connectivity index (χ0) is 21.1. The molecular weight excluding hydrogens is 511 g/mol. The van der Waals surface area contributed by atoms with Gasteiger partial charge >= 0.3 is 0 Å². The molecule has 1 fully saturated rings. The molecule has 148 valence electrons. The summed E-state index contributed by atoms with van der Waals surface area (Å²) in [7, 11) is 0. The highest BCUT2D eigenvalue weighted by atomic mass is 127. The number of nitrogens with zero attached hydrogens (tertiary/aromatic N) is 1. The number of amides is 2. The predicted molar refractivity (Wildman–Crippen MR) is 128 cm³/mol. The van der Waals surface area contributed by atoms with Crippen molar-refractivity contribution in [1.82, 2.24) is 5.32 Å². The van der Waals surface area contributed by atoms with Gasteiger partial charge in [0, 0.05) is 3.57 Å². The van der Waals surface area contributed by atoms with Crippen LogP contribution < -0.4 is 15.0 Å². The molecule has 0 bridgehead atoms. The van der Waals surface area contributed by atoms with Gasteiger partial charge in [0.25, 0.3) is 11.8 Å². The first-order chi connectivity index (χ1) is 14.5. The van der Waals surface area contributed by atoms with Gasteiger partial charge < -0.3 is 4.74 Å². The molecule has 7 heteroatoms. The van der Waals surface area contributed by atoms with Crippen LogP contribution in [0, 0.1) is 3.57 Å². The number of hydrogen-bond acceptors (Lipinski definition) is 4. The molecule has 0 atom stereocenters. The number of anilines is 1. The summed E-state index contributed by atoms with van der Waals surface area (Å²) in [5.41, 5.74) is 1.35.